The molecule has 0 radical (unpaired) electrons. The third kappa shape index (κ3) is 4.46. The maximum absolute atomic E-state index is 12.1. The highest BCUT2D eigenvalue weighted by atomic mass is 16.1. The molecule has 1 aromatic rings. The molecule has 116 valence electrons. The van der Waals surface area contributed by atoms with Crippen LogP contribution in [0.4, 0.5) is 5.69 Å². The van der Waals surface area contributed by atoms with Crippen LogP contribution in [0.1, 0.15) is 42.6 Å². The molecule has 0 saturated carbocycles. The van der Waals surface area contributed by atoms with Crippen molar-refractivity contribution in [3.63, 3.8) is 0 Å². The minimum absolute atomic E-state index is 0.00772. The molecular weight excluding hydrogens is 262 g/mol. The number of carbonyl (C=O) groups is 1. The average molecular weight is 289 g/mol. The number of nitrogens with zero attached hydrogens (tertiary/aromatic N) is 1. The summed E-state index contributed by atoms with van der Waals surface area (Å²) in [4.78, 5) is 14.4. The van der Waals surface area contributed by atoms with Gasteiger partial charge in [-0.15, -0.1) is 0 Å². The molecule has 1 amide bonds. The zero-order valence-electron chi connectivity index (χ0n) is 13.6. The molecule has 1 saturated heterocycles. The summed E-state index contributed by atoms with van der Waals surface area (Å²) in [5.41, 5.74) is 2.90. The molecular formula is C17H27N3O. The van der Waals surface area contributed by atoms with Crippen LogP contribution in [0.15, 0.2) is 18.2 Å². The van der Waals surface area contributed by atoms with Crippen LogP contribution in [0.5, 0.6) is 0 Å². The molecule has 4 nitrogen and oxygen atoms in total. The monoisotopic (exact) mass is 289 g/mol. The summed E-state index contributed by atoms with van der Waals surface area (Å²) in [6.45, 7) is 8.23. The van der Waals surface area contributed by atoms with E-state index < -0.39 is 0 Å². The zero-order valence-corrected chi connectivity index (χ0v) is 13.6. The van der Waals surface area contributed by atoms with Crippen molar-refractivity contribution in [1.29, 1.82) is 0 Å². The van der Waals surface area contributed by atoms with Gasteiger partial charge < -0.3 is 15.5 Å². The maximum atomic E-state index is 12.1. The van der Waals surface area contributed by atoms with Crippen LogP contribution in [-0.2, 0) is 0 Å². The third-order valence-corrected chi connectivity index (χ3v) is 3.98. The Labute approximate surface area is 127 Å². The second kappa shape index (κ2) is 6.94. The van der Waals surface area contributed by atoms with Crippen molar-refractivity contribution in [3.8, 4) is 0 Å². The molecule has 1 aliphatic heterocycles. The van der Waals surface area contributed by atoms with E-state index in [0.29, 0.717) is 6.04 Å². The largest absolute Gasteiger partial charge is 0.382 e. The van der Waals surface area contributed by atoms with E-state index in [1.807, 2.05) is 32.9 Å². The van der Waals surface area contributed by atoms with Crippen molar-refractivity contribution in [3.05, 3.63) is 29.3 Å². The van der Waals surface area contributed by atoms with Crippen molar-refractivity contribution >= 4 is 11.6 Å². The molecule has 4 heteroatoms. The Morgan fingerprint density at radius 2 is 1.95 bits per heavy atom. The van der Waals surface area contributed by atoms with Crippen molar-refractivity contribution in [2.24, 2.45) is 0 Å². The van der Waals surface area contributed by atoms with Gasteiger partial charge in [-0.05, 0) is 77.5 Å². The molecule has 2 N–H and O–H groups in total. The molecule has 21 heavy (non-hydrogen) atoms. The van der Waals surface area contributed by atoms with Crippen LogP contribution < -0.4 is 10.6 Å². The van der Waals surface area contributed by atoms with Crippen LogP contribution in [0.25, 0.3) is 0 Å². The predicted molar refractivity (Wildman–Crippen MR) is 87.9 cm³/mol. The Morgan fingerprint density at radius 1 is 1.29 bits per heavy atom. The Hall–Kier alpha value is -1.55. The number of nitrogens with one attached hydrogen (secondary N) is 2. The summed E-state index contributed by atoms with van der Waals surface area (Å²) in [5.74, 6) is 0.00772. The molecule has 0 bridgehead atoms. The quantitative estimate of drug-likeness (QED) is 0.895. The van der Waals surface area contributed by atoms with Gasteiger partial charge in [0, 0.05) is 23.3 Å². The number of amides is 1. The van der Waals surface area contributed by atoms with Crippen molar-refractivity contribution < 1.29 is 4.79 Å². The highest BCUT2D eigenvalue weighted by Gasteiger charge is 2.17. The minimum Gasteiger partial charge on any atom is -0.382 e. The topological polar surface area (TPSA) is 44.4 Å². The Bertz CT molecular complexity index is 491. The van der Waals surface area contributed by atoms with Crippen molar-refractivity contribution in [1.82, 2.24) is 10.2 Å². The number of anilines is 1. The summed E-state index contributed by atoms with van der Waals surface area (Å²) in [7, 11) is 2.17. The number of hydrogen-bond donors (Lipinski definition) is 2. The van der Waals surface area contributed by atoms with Crippen molar-refractivity contribution in [2.45, 2.75) is 45.7 Å². The first-order chi connectivity index (χ1) is 9.95. The van der Waals surface area contributed by atoms with E-state index in [9.17, 15) is 4.79 Å². The van der Waals surface area contributed by atoms with Gasteiger partial charge in [-0.3, -0.25) is 4.79 Å². The van der Waals surface area contributed by atoms with Gasteiger partial charge in [-0.25, -0.2) is 0 Å². The van der Waals surface area contributed by atoms with Gasteiger partial charge in [-0.2, -0.15) is 0 Å². The lowest BCUT2D eigenvalue weighted by Crippen LogP contribution is -2.36. The summed E-state index contributed by atoms with van der Waals surface area (Å²) >= 11 is 0. The first-order valence-electron chi connectivity index (χ1n) is 7.82. The van der Waals surface area contributed by atoms with Crippen molar-refractivity contribution in [2.75, 3.05) is 25.5 Å². The molecule has 1 heterocycles. The third-order valence-electron chi connectivity index (χ3n) is 3.98. The fourth-order valence-corrected chi connectivity index (χ4v) is 2.74. The molecule has 0 unspecified atom stereocenters. The highest BCUT2D eigenvalue weighted by Crippen LogP contribution is 2.19. The van der Waals surface area contributed by atoms with Gasteiger partial charge in [0.25, 0.3) is 5.91 Å². The first kappa shape index (κ1) is 15.8. The van der Waals surface area contributed by atoms with E-state index >= 15 is 0 Å². The molecule has 0 atom stereocenters. The summed E-state index contributed by atoms with van der Waals surface area (Å²) in [6.07, 6.45) is 2.34. The van der Waals surface area contributed by atoms with E-state index in [-0.39, 0.29) is 11.9 Å². The van der Waals surface area contributed by atoms with Gasteiger partial charge in [0.1, 0.15) is 0 Å². The van der Waals surface area contributed by atoms with Gasteiger partial charge >= 0.3 is 0 Å². The van der Waals surface area contributed by atoms with E-state index in [4.69, 9.17) is 0 Å². The average Bonchev–Trinajstić information content (AvgIpc) is 2.40. The van der Waals surface area contributed by atoms with Crippen LogP contribution >= 0.6 is 0 Å². The Morgan fingerprint density at radius 3 is 2.52 bits per heavy atom. The number of rotatable bonds is 4. The van der Waals surface area contributed by atoms with E-state index in [1.54, 1.807) is 0 Å². The fraction of sp³-hybridized carbons (Fsp3) is 0.588. The lowest BCUT2D eigenvalue weighted by atomic mass is 10.0. The summed E-state index contributed by atoms with van der Waals surface area (Å²) in [6, 6.07) is 6.71. The van der Waals surface area contributed by atoms with Crippen LogP contribution in [-0.4, -0.2) is 43.0 Å². The normalized spacial score (nSPS) is 17.0. The number of aryl methyl sites for hydroxylation is 1. The second-order valence-electron chi connectivity index (χ2n) is 6.38. The highest BCUT2D eigenvalue weighted by molar-refractivity contribution is 5.96. The lowest BCUT2D eigenvalue weighted by molar-refractivity contribution is 0.0942. The predicted octanol–water partition coefficient (Wildman–Crippen LogP) is 2.64. The summed E-state index contributed by atoms with van der Waals surface area (Å²) in [5, 5.41) is 6.53. The van der Waals surface area contributed by atoms with Gasteiger partial charge in [0.15, 0.2) is 0 Å². The maximum Gasteiger partial charge on any atom is 0.251 e. The molecule has 0 aliphatic carbocycles. The van der Waals surface area contributed by atoms with Gasteiger partial charge in [0.2, 0.25) is 0 Å². The van der Waals surface area contributed by atoms with Crippen LogP contribution in [0.2, 0.25) is 0 Å². The Balaban J connectivity index is 2.00. The second-order valence-corrected chi connectivity index (χ2v) is 6.38. The van der Waals surface area contributed by atoms with Crippen LogP contribution in [0.3, 0.4) is 0 Å². The standard InChI is InChI=1S/C17H27N3O/c1-12(2)18-17(21)16-6-5-15(11-13(16)3)19-14-7-9-20(4)10-8-14/h5-6,11-12,14,19H,7-10H2,1-4H3,(H,18,21). The van der Waals surface area contributed by atoms with Gasteiger partial charge in [-0.1, -0.05) is 0 Å². The van der Waals surface area contributed by atoms with E-state index in [2.05, 4.69) is 28.6 Å². The van der Waals surface area contributed by atoms with Gasteiger partial charge in [0.05, 0.1) is 0 Å². The molecule has 1 fully saturated rings. The lowest BCUT2D eigenvalue weighted by Gasteiger charge is -2.30. The van der Waals surface area contributed by atoms with E-state index in [0.717, 1.165) is 29.9 Å². The number of piperidine rings is 1. The molecule has 2 rings (SSSR count). The Kier molecular flexibility index (Phi) is 5.23. The molecule has 0 spiro atoms. The molecule has 1 aromatic carbocycles. The van der Waals surface area contributed by atoms with Crippen LogP contribution in [0, 0.1) is 6.92 Å². The number of carbonyl (C=O) groups excluding carboxylic acids is 1. The zero-order chi connectivity index (χ0) is 15.4. The molecule has 0 aromatic heterocycles. The number of benzene rings is 1. The smallest absolute Gasteiger partial charge is 0.251 e. The minimum atomic E-state index is 0.00772. The fourth-order valence-electron chi connectivity index (χ4n) is 2.74. The number of likely N-dealkylation sites (tertiary alicyclic amines) is 1. The number of hydrogen-bond acceptors (Lipinski definition) is 3. The first-order valence-corrected chi connectivity index (χ1v) is 7.82. The van der Waals surface area contributed by atoms with E-state index in [1.165, 1.54) is 12.8 Å². The molecule has 1 aliphatic rings. The SMILES string of the molecule is Cc1cc(NC2CCN(C)CC2)ccc1C(=O)NC(C)C. The summed E-state index contributed by atoms with van der Waals surface area (Å²) < 4.78 is 0.